The summed E-state index contributed by atoms with van der Waals surface area (Å²) in [5.74, 6) is 0. The zero-order valence-corrected chi connectivity index (χ0v) is 10.9. The summed E-state index contributed by atoms with van der Waals surface area (Å²) in [6, 6.07) is 5.36. The fourth-order valence-electron chi connectivity index (χ4n) is 1.61. The second-order valence-corrected chi connectivity index (χ2v) is 4.60. The van der Waals surface area contributed by atoms with E-state index in [-0.39, 0.29) is 6.04 Å². The highest BCUT2D eigenvalue weighted by atomic mass is 19.4. The number of halogens is 3. The summed E-state index contributed by atoms with van der Waals surface area (Å²) in [4.78, 5) is 2.02. The molecule has 5 heteroatoms. The monoisotopic (exact) mass is 260 g/mol. The van der Waals surface area contributed by atoms with Crippen molar-refractivity contribution in [2.45, 2.75) is 19.1 Å². The standard InChI is InChI=1S/C13H19F3N2/c1-10(17-7-8-18(2)3)11-5-4-6-12(9-11)13(14,15)16/h4-6,9-10,17H,7-8H2,1-3H3. The summed E-state index contributed by atoms with van der Waals surface area (Å²) < 4.78 is 37.7. The van der Waals surface area contributed by atoms with Crippen molar-refractivity contribution in [2.24, 2.45) is 0 Å². The molecule has 0 aliphatic carbocycles. The molecule has 0 radical (unpaired) electrons. The maximum absolute atomic E-state index is 12.6. The van der Waals surface area contributed by atoms with Gasteiger partial charge in [-0.15, -0.1) is 0 Å². The minimum atomic E-state index is -4.28. The van der Waals surface area contributed by atoms with Crippen LogP contribution in [-0.4, -0.2) is 32.1 Å². The third kappa shape index (κ3) is 4.66. The largest absolute Gasteiger partial charge is 0.416 e. The van der Waals surface area contributed by atoms with Gasteiger partial charge in [-0.05, 0) is 38.7 Å². The van der Waals surface area contributed by atoms with Crippen molar-refractivity contribution in [3.8, 4) is 0 Å². The van der Waals surface area contributed by atoms with Crippen LogP contribution in [0.5, 0.6) is 0 Å². The van der Waals surface area contributed by atoms with E-state index in [1.807, 2.05) is 25.9 Å². The molecular weight excluding hydrogens is 241 g/mol. The lowest BCUT2D eigenvalue weighted by molar-refractivity contribution is -0.137. The predicted molar refractivity (Wildman–Crippen MR) is 66.4 cm³/mol. The molecule has 0 heterocycles. The van der Waals surface area contributed by atoms with Gasteiger partial charge in [-0.2, -0.15) is 13.2 Å². The van der Waals surface area contributed by atoms with Gasteiger partial charge in [-0.25, -0.2) is 0 Å². The quantitative estimate of drug-likeness (QED) is 0.875. The highest BCUT2D eigenvalue weighted by molar-refractivity contribution is 5.27. The average Bonchev–Trinajstić information content (AvgIpc) is 2.27. The molecular formula is C13H19F3N2. The molecule has 1 unspecified atom stereocenters. The lowest BCUT2D eigenvalue weighted by atomic mass is 10.0. The van der Waals surface area contributed by atoms with Gasteiger partial charge in [0.15, 0.2) is 0 Å². The van der Waals surface area contributed by atoms with E-state index in [0.29, 0.717) is 5.56 Å². The highest BCUT2D eigenvalue weighted by Crippen LogP contribution is 2.30. The Morgan fingerprint density at radius 2 is 1.94 bits per heavy atom. The van der Waals surface area contributed by atoms with Crippen LogP contribution in [0.2, 0.25) is 0 Å². The molecule has 2 nitrogen and oxygen atoms in total. The Labute approximate surface area is 106 Å². The SMILES string of the molecule is CC(NCCN(C)C)c1cccc(C(F)(F)F)c1. The Kier molecular flexibility index (Phi) is 5.16. The van der Waals surface area contributed by atoms with Gasteiger partial charge >= 0.3 is 6.18 Å². The number of alkyl halides is 3. The van der Waals surface area contributed by atoms with Gasteiger partial charge < -0.3 is 10.2 Å². The topological polar surface area (TPSA) is 15.3 Å². The number of nitrogens with one attached hydrogen (secondary N) is 1. The van der Waals surface area contributed by atoms with Crippen LogP contribution in [0.25, 0.3) is 0 Å². The molecule has 1 aromatic rings. The van der Waals surface area contributed by atoms with E-state index < -0.39 is 11.7 Å². The lowest BCUT2D eigenvalue weighted by Gasteiger charge is -2.17. The molecule has 0 aliphatic rings. The first-order valence-electron chi connectivity index (χ1n) is 5.86. The van der Waals surface area contributed by atoms with Crippen LogP contribution in [0.15, 0.2) is 24.3 Å². The van der Waals surface area contributed by atoms with E-state index in [0.717, 1.165) is 19.2 Å². The molecule has 0 amide bonds. The molecule has 102 valence electrons. The summed E-state index contributed by atoms with van der Waals surface area (Å²) in [6.45, 7) is 3.46. The molecule has 1 aromatic carbocycles. The van der Waals surface area contributed by atoms with E-state index in [2.05, 4.69) is 5.32 Å². The van der Waals surface area contributed by atoms with E-state index >= 15 is 0 Å². The van der Waals surface area contributed by atoms with Crippen LogP contribution in [0, 0.1) is 0 Å². The van der Waals surface area contributed by atoms with Crippen LogP contribution in [-0.2, 0) is 6.18 Å². The number of nitrogens with zero attached hydrogens (tertiary/aromatic N) is 1. The predicted octanol–water partition coefficient (Wildman–Crippen LogP) is 2.92. The zero-order chi connectivity index (χ0) is 13.8. The van der Waals surface area contributed by atoms with Gasteiger partial charge in [-0.1, -0.05) is 12.1 Å². The van der Waals surface area contributed by atoms with Crippen LogP contribution in [0.4, 0.5) is 13.2 Å². The second-order valence-electron chi connectivity index (χ2n) is 4.60. The van der Waals surface area contributed by atoms with Gasteiger partial charge in [0.1, 0.15) is 0 Å². The van der Waals surface area contributed by atoms with Crippen molar-refractivity contribution in [3.63, 3.8) is 0 Å². The molecule has 1 atom stereocenters. The minimum Gasteiger partial charge on any atom is -0.309 e. The highest BCUT2D eigenvalue weighted by Gasteiger charge is 2.30. The molecule has 0 aliphatic heterocycles. The van der Waals surface area contributed by atoms with Crippen molar-refractivity contribution in [2.75, 3.05) is 27.2 Å². The van der Waals surface area contributed by atoms with E-state index in [4.69, 9.17) is 0 Å². The summed E-state index contributed by atoms with van der Waals surface area (Å²) in [5, 5.41) is 3.20. The van der Waals surface area contributed by atoms with Crippen LogP contribution in [0.3, 0.4) is 0 Å². The maximum Gasteiger partial charge on any atom is 0.416 e. The third-order valence-corrected chi connectivity index (χ3v) is 2.72. The Morgan fingerprint density at radius 1 is 1.28 bits per heavy atom. The van der Waals surface area contributed by atoms with Gasteiger partial charge in [0.2, 0.25) is 0 Å². The van der Waals surface area contributed by atoms with Crippen molar-refractivity contribution in [1.82, 2.24) is 10.2 Å². The molecule has 0 saturated carbocycles. The fourth-order valence-corrected chi connectivity index (χ4v) is 1.61. The Hall–Kier alpha value is -1.07. The van der Waals surface area contributed by atoms with Crippen molar-refractivity contribution in [1.29, 1.82) is 0 Å². The van der Waals surface area contributed by atoms with E-state index in [1.165, 1.54) is 12.1 Å². The van der Waals surface area contributed by atoms with Crippen molar-refractivity contribution in [3.05, 3.63) is 35.4 Å². The van der Waals surface area contributed by atoms with E-state index in [1.54, 1.807) is 6.07 Å². The van der Waals surface area contributed by atoms with Crippen molar-refractivity contribution < 1.29 is 13.2 Å². The van der Waals surface area contributed by atoms with Crippen LogP contribution in [0.1, 0.15) is 24.1 Å². The Morgan fingerprint density at radius 3 is 2.50 bits per heavy atom. The van der Waals surface area contributed by atoms with Gasteiger partial charge in [0, 0.05) is 19.1 Å². The summed E-state index contributed by atoms with van der Waals surface area (Å²) >= 11 is 0. The average molecular weight is 260 g/mol. The Bertz CT molecular complexity index is 375. The molecule has 0 bridgehead atoms. The molecule has 1 N–H and O–H groups in total. The molecule has 0 spiro atoms. The fraction of sp³-hybridized carbons (Fsp3) is 0.538. The van der Waals surface area contributed by atoms with Gasteiger partial charge in [0.25, 0.3) is 0 Å². The second kappa shape index (κ2) is 6.20. The molecule has 18 heavy (non-hydrogen) atoms. The number of hydrogen-bond acceptors (Lipinski definition) is 2. The summed E-state index contributed by atoms with van der Waals surface area (Å²) in [6.07, 6.45) is -4.28. The van der Waals surface area contributed by atoms with Crippen molar-refractivity contribution >= 4 is 0 Å². The maximum atomic E-state index is 12.6. The third-order valence-electron chi connectivity index (χ3n) is 2.72. The van der Waals surface area contributed by atoms with Gasteiger partial charge in [0.05, 0.1) is 5.56 Å². The lowest BCUT2D eigenvalue weighted by Crippen LogP contribution is -2.28. The summed E-state index contributed by atoms with van der Waals surface area (Å²) in [5.41, 5.74) is 0.0600. The molecule has 0 fully saturated rings. The number of hydrogen-bond donors (Lipinski definition) is 1. The van der Waals surface area contributed by atoms with Gasteiger partial charge in [-0.3, -0.25) is 0 Å². The number of benzene rings is 1. The van der Waals surface area contributed by atoms with Crippen LogP contribution < -0.4 is 5.32 Å². The van der Waals surface area contributed by atoms with Crippen LogP contribution >= 0.6 is 0 Å². The molecule has 0 saturated heterocycles. The first kappa shape index (κ1) is 15.0. The first-order chi connectivity index (χ1) is 8.30. The molecule has 1 rings (SSSR count). The molecule has 0 aromatic heterocycles. The zero-order valence-electron chi connectivity index (χ0n) is 10.9. The Balaban J connectivity index is 2.66. The minimum absolute atomic E-state index is 0.0905. The normalized spacial score (nSPS) is 13.9. The smallest absolute Gasteiger partial charge is 0.309 e. The van der Waals surface area contributed by atoms with E-state index in [9.17, 15) is 13.2 Å². The number of likely N-dealkylation sites (N-methyl/N-ethyl adjacent to an activating group) is 1. The number of rotatable bonds is 5. The summed E-state index contributed by atoms with van der Waals surface area (Å²) in [7, 11) is 3.91. The first-order valence-corrected chi connectivity index (χ1v) is 5.86.